The lowest BCUT2D eigenvalue weighted by Crippen LogP contribution is -2.07. The zero-order valence-corrected chi connectivity index (χ0v) is 7.63. The summed E-state index contributed by atoms with van der Waals surface area (Å²) in [5.74, 6) is -0.284. The van der Waals surface area contributed by atoms with Crippen molar-refractivity contribution in [2.45, 2.75) is 19.4 Å². The van der Waals surface area contributed by atoms with Crippen LogP contribution in [0.2, 0.25) is 0 Å². The minimum absolute atomic E-state index is 0.284. The van der Waals surface area contributed by atoms with Gasteiger partial charge in [0.15, 0.2) is 0 Å². The number of hydrogen-bond donors (Lipinski definition) is 2. The van der Waals surface area contributed by atoms with Crippen molar-refractivity contribution in [1.82, 2.24) is 0 Å². The van der Waals surface area contributed by atoms with Crippen LogP contribution < -0.4 is 5.73 Å². The third kappa shape index (κ3) is 2.50. The third-order valence-corrected chi connectivity index (χ3v) is 2.02. The smallest absolute Gasteiger partial charge is 0.126 e. The van der Waals surface area contributed by atoms with E-state index in [1.165, 1.54) is 6.07 Å². The van der Waals surface area contributed by atoms with Crippen LogP contribution in [-0.2, 0) is 0 Å². The summed E-state index contributed by atoms with van der Waals surface area (Å²) < 4.78 is 13.0. The molecule has 0 spiro atoms. The molecule has 1 aromatic rings. The maximum Gasteiger partial charge on any atom is 0.126 e. The predicted octanol–water partition coefficient (Wildman–Crippen LogP) is 1.52. The van der Waals surface area contributed by atoms with Crippen LogP contribution in [0, 0.1) is 12.7 Å². The normalized spacial score (nSPS) is 12.9. The van der Waals surface area contributed by atoms with Crippen LogP contribution in [0.5, 0.6) is 0 Å². The molecule has 2 nitrogen and oxygen atoms in total. The Morgan fingerprint density at radius 3 is 2.77 bits per heavy atom. The molecule has 0 aliphatic heterocycles. The summed E-state index contributed by atoms with van der Waals surface area (Å²) in [6.07, 6.45) is -0.192. The van der Waals surface area contributed by atoms with Gasteiger partial charge in [0.1, 0.15) is 5.82 Å². The van der Waals surface area contributed by atoms with Gasteiger partial charge in [0, 0.05) is 0 Å². The SMILES string of the molecule is Cc1ccc([C@H](O)CCN)cc1F. The first-order valence-corrected chi connectivity index (χ1v) is 4.29. The molecule has 1 rings (SSSR count). The lowest BCUT2D eigenvalue weighted by atomic mass is 10.0. The minimum Gasteiger partial charge on any atom is -0.388 e. The summed E-state index contributed by atoms with van der Waals surface area (Å²) in [5.41, 5.74) is 6.46. The fraction of sp³-hybridized carbons (Fsp3) is 0.400. The number of rotatable bonds is 3. The second-order valence-electron chi connectivity index (χ2n) is 3.10. The summed E-state index contributed by atoms with van der Waals surface area (Å²) in [5, 5.41) is 9.49. The summed E-state index contributed by atoms with van der Waals surface area (Å²) in [6, 6.07) is 4.73. The second-order valence-corrected chi connectivity index (χ2v) is 3.10. The van der Waals surface area contributed by atoms with Gasteiger partial charge < -0.3 is 10.8 Å². The molecule has 1 atom stereocenters. The van der Waals surface area contributed by atoms with Crippen LogP contribution in [0.15, 0.2) is 18.2 Å². The van der Waals surface area contributed by atoms with E-state index in [1.54, 1.807) is 19.1 Å². The van der Waals surface area contributed by atoms with Crippen LogP contribution in [0.1, 0.15) is 23.7 Å². The van der Waals surface area contributed by atoms with Crippen LogP contribution in [0.25, 0.3) is 0 Å². The molecule has 1 aromatic carbocycles. The van der Waals surface area contributed by atoms with Gasteiger partial charge in [0.05, 0.1) is 6.10 Å². The molecule has 0 heterocycles. The molecule has 13 heavy (non-hydrogen) atoms. The maximum absolute atomic E-state index is 13.0. The zero-order chi connectivity index (χ0) is 9.84. The first kappa shape index (κ1) is 10.2. The summed E-state index contributed by atoms with van der Waals surface area (Å²) in [7, 11) is 0. The van der Waals surface area contributed by atoms with Gasteiger partial charge in [-0.05, 0) is 37.1 Å². The van der Waals surface area contributed by atoms with Crippen molar-refractivity contribution >= 4 is 0 Å². The van der Waals surface area contributed by atoms with Crippen molar-refractivity contribution in [3.63, 3.8) is 0 Å². The molecule has 72 valence electrons. The fourth-order valence-corrected chi connectivity index (χ4v) is 1.14. The molecule has 0 fully saturated rings. The van der Waals surface area contributed by atoms with E-state index in [0.29, 0.717) is 24.1 Å². The number of aryl methyl sites for hydroxylation is 1. The Labute approximate surface area is 77.2 Å². The first-order valence-electron chi connectivity index (χ1n) is 4.29. The lowest BCUT2D eigenvalue weighted by molar-refractivity contribution is 0.170. The Morgan fingerprint density at radius 2 is 2.23 bits per heavy atom. The van der Waals surface area contributed by atoms with Crippen LogP contribution >= 0.6 is 0 Å². The highest BCUT2D eigenvalue weighted by Gasteiger charge is 2.07. The van der Waals surface area contributed by atoms with Gasteiger partial charge >= 0.3 is 0 Å². The zero-order valence-electron chi connectivity index (χ0n) is 7.63. The Hall–Kier alpha value is -0.930. The van der Waals surface area contributed by atoms with Crippen LogP contribution in [-0.4, -0.2) is 11.7 Å². The number of halogens is 1. The second kappa shape index (κ2) is 4.35. The Bertz CT molecular complexity index is 288. The molecule has 3 heteroatoms. The quantitative estimate of drug-likeness (QED) is 0.746. The molecule has 0 bridgehead atoms. The van der Waals surface area contributed by atoms with Crippen molar-refractivity contribution in [1.29, 1.82) is 0 Å². The maximum atomic E-state index is 13.0. The highest BCUT2D eigenvalue weighted by molar-refractivity contribution is 5.24. The molecular formula is C10H14FNO. The van der Waals surface area contributed by atoms with Gasteiger partial charge in [-0.2, -0.15) is 0 Å². The molecule has 0 radical (unpaired) electrons. The Kier molecular flexibility index (Phi) is 3.39. The molecule has 0 saturated heterocycles. The number of hydrogen-bond acceptors (Lipinski definition) is 2. The van der Waals surface area contributed by atoms with Crippen molar-refractivity contribution < 1.29 is 9.50 Å². The van der Waals surface area contributed by atoms with Gasteiger partial charge in [-0.3, -0.25) is 0 Å². The highest BCUT2D eigenvalue weighted by atomic mass is 19.1. The molecule has 0 aromatic heterocycles. The van der Waals surface area contributed by atoms with E-state index >= 15 is 0 Å². The average Bonchev–Trinajstić information content (AvgIpc) is 2.10. The Morgan fingerprint density at radius 1 is 1.54 bits per heavy atom. The van der Waals surface area contributed by atoms with E-state index in [0.717, 1.165) is 0 Å². The van der Waals surface area contributed by atoms with Gasteiger partial charge in [-0.15, -0.1) is 0 Å². The third-order valence-electron chi connectivity index (χ3n) is 2.02. The monoisotopic (exact) mass is 183 g/mol. The molecule has 0 unspecified atom stereocenters. The molecule has 0 amide bonds. The van der Waals surface area contributed by atoms with Crippen molar-refractivity contribution in [3.05, 3.63) is 35.1 Å². The van der Waals surface area contributed by atoms with E-state index in [1.807, 2.05) is 0 Å². The molecule has 0 aliphatic rings. The topological polar surface area (TPSA) is 46.2 Å². The van der Waals surface area contributed by atoms with Gasteiger partial charge in [-0.25, -0.2) is 4.39 Å². The largest absolute Gasteiger partial charge is 0.388 e. The van der Waals surface area contributed by atoms with Crippen molar-refractivity contribution in [2.75, 3.05) is 6.54 Å². The van der Waals surface area contributed by atoms with E-state index in [-0.39, 0.29) is 5.82 Å². The summed E-state index contributed by atoms with van der Waals surface area (Å²) >= 11 is 0. The van der Waals surface area contributed by atoms with Crippen LogP contribution in [0.4, 0.5) is 4.39 Å². The predicted molar refractivity (Wildman–Crippen MR) is 49.8 cm³/mol. The minimum atomic E-state index is -0.653. The van der Waals surface area contributed by atoms with Gasteiger partial charge in [0.2, 0.25) is 0 Å². The average molecular weight is 183 g/mol. The summed E-state index contributed by atoms with van der Waals surface area (Å²) in [6.45, 7) is 2.09. The van der Waals surface area contributed by atoms with Gasteiger partial charge in [0.25, 0.3) is 0 Å². The highest BCUT2D eigenvalue weighted by Crippen LogP contribution is 2.18. The Balaban J connectivity index is 2.84. The molecule has 0 saturated carbocycles. The number of benzene rings is 1. The van der Waals surface area contributed by atoms with Crippen LogP contribution in [0.3, 0.4) is 0 Å². The summed E-state index contributed by atoms with van der Waals surface area (Å²) in [4.78, 5) is 0. The molecule has 3 N–H and O–H groups in total. The van der Waals surface area contributed by atoms with E-state index in [2.05, 4.69) is 0 Å². The van der Waals surface area contributed by atoms with E-state index in [4.69, 9.17) is 5.73 Å². The standard InChI is InChI=1S/C10H14FNO/c1-7-2-3-8(6-9(7)11)10(13)4-5-12/h2-3,6,10,13H,4-5,12H2,1H3/t10-/m1/s1. The van der Waals surface area contributed by atoms with Crippen molar-refractivity contribution in [3.8, 4) is 0 Å². The fourth-order valence-electron chi connectivity index (χ4n) is 1.14. The lowest BCUT2D eigenvalue weighted by Gasteiger charge is -2.09. The van der Waals surface area contributed by atoms with E-state index in [9.17, 15) is 9.50 Å². The van der Waals surface area contributed by atoms with Gasteiger partial charge in [-0.1, -0.05) is 12.1 Å². The first-order chi connectivity index (χ1) is 6.15. The number of aliphatic hydroxyl groups is 1. The molecule has 0 aliphatic carbocycles. The molecular weight excluding hydrogens is 169 g/mol. The number of aliphatic hydroxyl groups excluding tert-OH is 1. The number of nitrogens with two attached hydrogens (primary N) is 1. The van der Waals surface area contributed by atoms with Crippen molar-refractivity contribution in [2.24, 2.45) is 5.73 Å². The van der Waals surface area contributed by atoms with E-state index < -0.39 is 6.10 Å².